The molecule has 1 fully saturated rings. The second-order valence-corrected chi connectivity index (χ2v) is 8.13. The van der Waals surface area contributed by atoms with Gasteiger partial charge in [0.1, 0.15) is 10.7 Å². The van der Waals surface area contributed by atoms with Gasteiger partial charge in [-0.15, -0.1) is 11.3 Å². The van der Waals surface area contributed by atoms with Gasteiger partial charge >= 0.3 is 0 Å². The minimum atomic E-state index is -0.107. The van der Waals surface area contributed by atoms with Crippen molar-refractivity contribution in [2.45, 2.75) is 38.6 Å². The maximum Gasteiger partial charge on any atom is 0.270 e. The molecule has 0 bridgehead atoms. The van der Waals surface area contributed by atoms with E-state index in [0.29, 0.717) is 23.7 Å². The highest BCUT2D eigenvalue weighted by atomic mass is 32.1. The third-order valence-corrected chi connectivity index (χ3v) is 6.30. The van der Waals surface area contributed by atoms with Gasteiger partial charge in [0.05, 0.1) is 33.4 Å². The fraction of sp³-hybridized carbons (Fsp3) is 0.524. The van der Waals surface area contributed by atoms with E-state index in [-0.39, 0.29) is 5.91 Å². The first kappa shape index (κ1) is 20.6. The Kier molecular flexibility index (Phi) is 7.28. The highest BCUT2D eigenvalue weighted by Gasteiger charge is 2.21. The summed E-state index contributed by atoms with van der Waals surface area (Å²) >= 11 is 1.45. The van der Waals surface area contributed by atoms with Gasteiger partial charge in [0.2, 0.25) is 0 Å². The van der Waals surface area contributed by atoms with E-state index in [4.69, 9.17) is 9.47 Å². The number of thiazole rings is 1. The molecule has 0 radical (unpaired) electrons. The molecule has 0 spiro atoms. The van der Waals surface area contributed by atoms with Crippen LogP contribution < -0.4 is 19.7 Å². The number of quaternary nitrogens is 1. The molecule has 1 aliphatic rings. The summed E-state index contributed by atoms with van der Waals surface area (Å²) in [5, 5.41) is 5.60. The lowest BCUT2D eigenvalue weighted by Gasteiger charge is -2.30. The SMILES string of the molecule is COc1ccc(-c2nc(C(=O)NCCC[NH+]3CCCC[C@H]3C)cs2)cc1OC. The van der Waals surface area contributed by atoms with Crippen molar-refractivity contribution in [2.24, 2.45) is 0 Å². The van der Waals surface area contributed by atoms with E-state index in [2.05, 4.69) is 17.2 Å². The fourth-order valence-electron chi connectivity index (χ4n) is 3.71. The monoisotopic (exact) mass is 404 g/mol. The van der Waals surface area contributed by atoms with Crippen molar-refractivity contribution in [1.29, 1.82) is 0 Å². The summed E-state index contributed by atoms with van der Waals surface area (Å²) in [7, 11) is 3.21. The summed E-state index contributed by atoms with van der Waals surface area (Å²) < 4.78 is 10.6. The van der Waals surface area contributed by atoms with Crippen LogP contribution in [0.4, 0.5) is 0 Å². The van der Waals surface area contributed by atoms with Crippen molar-refractivity contribution >= 4 is 17.2 Å². The second kappa shape index (κ2) is 9.89. The van der Waals surface area contributed by atoms with Crippen molar-refractivity contribution in [3.8, 4) is 22.1 Å². The van der Waals surface area contributed by atoms with Crippen LogP contribution >= 0.6 is 11.3 Å². The van der Waals surface area contributed by atoms with Crippen LogP contribution in [0, 0.1) is 0 Å². The molecule has 1 aliphatic heterocycles. The zero-order valence-electron chi connectivity index (χ0n) is 16.9. The number of nitrogens with one attached hydrogen (secondary N) is 2. The maximum atomic E-state index is 12.4. The van der Waals surface area contributed by atoms with E-state index in [9.17, 15) is 4.79 Å². The van der Waals surface area contributed by atoms with Gasteiger partial charge in [-0.1, -0.05) is 0 Å². The smallest absolute Gasteiger partial charge is 0.270 e. The van der Waals surface area contributed by atoms with E-state index in [1.54, 1.807) is 24.5 Å². The number of hydrogen-bond donors (Lipinski definition) is 2. The average molecular weight is 405 g/mol. The molecule has 3 rings (SSSR count). The molecule has 0 aliphatic carbocycles. The zero-order valence-corrected chi connectivity index (χ0v) is 17.7. The Labute approximate surface area is 170 Å². The molecule has 0 saturated carbocycles. The first-order chi connectivity index (χ1) is 13.6. The molecule has 1 saturated heterocycles. The Morgan fingerprint density at radius 2 is 2.11 bits per heavy atom. The van der Waals surface area contributed by atoms with Crippen molar-refractivity contribution < 1.29 is 19.2 Å². The predicted octanol–water partition coefficient (Wildman–Crippen LogP) is 2.40. The number of ether oxygens (including phenoxy) is 2. The number of likely N-dealkylation sites (tertiary alicyclic amines) is 1. The largest absolute Gasteiger partial charge is 0.493 e. The summed E-state index contributed by atoms with van der Waals surface area (Å²) in [6.45, 7) is 5.40. The standard InChI is InChI=1S/C21H29N3O3S/c1-15-7-4-5-11-24(15)12-6-10-22-20(25)17-14-28-21(23-17)16-8-9-18(26-2)19(13-16)27-3/h8-9,13-15H,4-7,10-12H2,1-3H3,(H,22,25)/p+1/t15-/m1/s1. The van der Waals surface area contributed by atoms with Crippen LogP contribution in [0.1, 0.15) is 43.1 Å². The van der Waals surface area contributed by atoms with Crippen LogP contribution in [0.2, 0.25) is 0 Å². The van der Waals surface area contributed by atoms with E-state index < -0.39 is 0 Å². The van der Waals surface area contributed by atoms with Crippen LogP contribution in [-0.4, -0.2) is 50.8 Å². The normalized spacial score (nSPS) is 19.2. The Bertz CT molecular complexity index is 793. The highest BCUT2D eigenvalue weighted by Crippen LogP contribution is 2.33. The van der Waals surface area contributed by atoms with Gasteiger partial charge in [0, 0.05) is 23.9 Å². The number of rotatable bonds is 8. The summed E-state index contributed by atoms with van der Waals surface area (Å²) in [5.41, 5.74) is 1.37. The van der Waals surface area contributed by atoms with Gasteiger partial charge in [-0.05, 0) is 44.4 Å². The maximum absolute atomic E-state index is 12.4. The zero-order chi connectivity index (χ0) is 19.9. The van der Waals surface area contributed by atoms with Gasteiger partial charge in [-0.2, -0.15) is 0 Å². The third-order valence-electron chi connectivity index (χ3n) is 5.41. The molecule has 1 aromatic carbocycles. The number of piperidine rings is 1. The number of amides is 1. The van der Waals surface area contributed by atoms with Crippen molar-refractivity contribution in [3.05, 3.63) is 29.3 Å². The fourth-order valence-corrected chi connectivity index (χ4v) is 4.51. The molecule has 2 atom stereocenters. The topological polar surface area (TPSA) is 64.9 Å². The first-order valence-electron chi connectivity index (χ1n) is 9.93. The molecule has 2 aromatic rings. The van der Waals surface area contributed by atoms with Gasteiger partial charge in [-0.3, -0.25) is 4.79 Å². The summed E-state index contributed by atoms with van der Waals surface area (Å²) in [4.78, 5) is 18.6. The average Bonchev–Trinajstić information content (AvgIpc) is 3.22. The second-order valence-electron chi connectivity index (χ2n) is 7.27. The van der Waals surface area contributed by atoms with E-state index in [1.165, 1.54) is 37.1 Å². The summed E-state index contributed by atoms with van der Waals surface area (Å²) in [5.74, 6) is 1.21. The molecule has 1 unspecified atom stereocenters. The molecule has 152 valence electrons. The molecular weight excluding hydrogens is 374 g/mol. The number of nitrogens with zero attached hydrogens (tertiary/aromatic N) is 1. The number of methoxy groups -OCH3 is 2. The number of aromatic nitrogens is 1. The lowest BCUT2D eigenvalue weighted by Crippen LogP contribution is -3.16. The number of carbonyl (C=O) groups excluding carboxylic acids is 1. The van der Waals surface area contributed by atoms with Gasteiger partial charge in [0.15, 0.2) is 11.5 Å². The van der Waals surface area contributed by atoms with Crippen LogP contribution in [0.15, 0.2) is 23.6 Å². The summed E-state index contributed by atoms with van der Waals surface area (Å²) in [6.07, 6.45) is 4.99. The lowest BCUT2D eigenvalue weighted by atomic mass is 10.0. The van der Waals surface area contributed by atoms with Gasteiger partial charge in [0.25, 0.3) is 5.91 Å². The quantitative estimate of drug-likeness (QED) is 0.663. The minimum absolute atomic E-state index is 0.107. The van der Waals surface area contributed by atoms with E-state index in [1.807, 2.05) is 18.2 Å². The lowest BCUT2D eigenvalue weighted by molar-refractivity contribution is -0.928. The molecule has 7 heteroatoms. The van der Waals surface area contributed by atoms with Gasteiger partial charge in [-0.25, -0.2) is 4.98 Å². The summed E-state index contributed by atoms with van der Waals surface area (Å²) in [6, 6.07) is 6.39. The van der Waals surface area contributed by atoms with Crippen LogP contribution in [-0.2, 0) is 0 Å². The Morgan fingerprint density at radius 1 is 1.29 bits per heavy atom. The molecule has 28 heavy (non-hydrogen) atoms. The highest BCUT2D eigenvalue weighted by molar-refractivity contribution is 7.13. The van der Waals surface area contributed by atoms with Crippen LogP contribution in [0.3, 0.4) is 0 Å². The number of hydrogen-bond acceptors (Lipinski definition) is 5. The number of carbonyl (C=O) groups is 1. The third kappa shape index (κ3) is 5.02. The predicted molar refractivity (Wildman–Crippen MR) is 112 cm³/mol. The first-order valence-corrected chi connectivity index (χ1v) is 10.8. The van der Waals surface area contributed by atoms with E-state index in [0.717, 1.165) is 29.6 Å². The Balaban J connectivity index is 1.52. The van der Waals surface area contributed by atoms with Crippen LogP contribution in [0.25, 0.3) is 10.6 Å². The van der Waals surface area contributed by atoms with Crippen molar-refractivity contribution in [1.82, 2.24) is 10.3 Å². The minimum Gasteiger partial charge on any atom is -0.493 e. The molecule has 2 N–H and O–H groups in total. The van der Waals surface area contributed by atoms with E-state index >= 15 is 0 Å². The van der Waals surface area contributed by atoms with Crippen molar-refractivity contribution in [3.63, 3.8) is 0 Å². The van der Waals surface area contributed by atoms with Crippen molar-refractivity contribution in [2.75, 3.05) is 33.9 Å². The molecule has 1 aromatic heterocycles. The molecule has 6 nitrogen and oxygen atoms in total. The molecule has 2 heterocycles. The molecular formula is C21H30N3O3S+. The Hall–Kier alpha value is -2.12. The van der Waals surface area contributed by atoms with Crippen LogP contribution in [0.5, 0.6) is 11.5 Å². The molecule has 1 amide bonds. The van der Waals surface area contributed by atoms with Gasteiger partial charge < -0.3 is 19.7 Å². The number of benzene rings is 1. The Morgan fingerprint density at radius 3 is 2.86 bits per heavy atom.